The van der Waals surface area contributed by atoms with E-state index in [-0.39, 0.29) is 6.04 Å². The van der Waals surface area contributed by atoms with Crippen LogP contribution in [-0.4, -0.2) is 18.5 Å². The van der Waals surface area contributed by atoms with E-state index in [2.05, 4.69) is 85.8 Å². The average molecular weight is 332 g/mol. The lowest BCUT2D eigenvalue weighted by Gasteiger charge is -2.28. The van der Waals surface area contributed by atoms with E-state index in [1.807, 2.05) is 6.19 Å². The summed E-state index contributed by atoms with van der Waals surface area (Å²) in [4.78, 5) is 8.62. The Hall–Kier alpha value is -2.80. The predicted molar refractivity (Wildman–Crippen MR) is 104 cm³/mol. The summed E-state index contributed by atoms with van der Waals surface area (Å²) in [5.41, 5.74) is 7.08. The molecule has 0 N–H and O–H groups in total. The van der Waals surface area contributed by atoms with E-state index in [0.29, 0.717) is 5.96 Å². The maximum Gasteiger partial charge on any atom is 0.221 e. The van der Waals surface area contributed by atoms with Gasteiger partial charge in [0, 0.05) is 12.2 Å². The van der Waals surface area contributed by atoms with E-state index in [1.165, 1.54) is 22.3 Å². The van der Waals surface area contributed by atoms with Gasteiger partial charge in [0.1, 0.15) is 0 Å². The number of hydrogen-bond acceptors (Lipinski definition) is 2. The summed E-state index contributed by atoms with van der Waals surface area (Å²) in [7, 11) is 0. The molecule has 0 spiro atoms. The van der Waals surface area contributed by atoms with Crippen LogP contribution in [0.2, 0.25) is 0 Å². The minimum atomic E-state index is 0.228. The first kappa shape index (κ1) is 17.0. The third-order valence-corrected chi connectivity index (χ3v) is 4.88. The molecule has 0 bridgehead atoms. The van der Waals surface area contributed by atoms with Gasteiger partial charge < -0.3 is 9.80 Å². The summed E-state index contributed by atoms with van der Waals surface area (Å²) in [6.07, 6.45) is 2.01. The zero-order valence-electron chi connectivity index (χ0n) is 15.5. The molecule has 0 amide bonds. The monoisotopic (exact) mass is 332 g/mol. The second-order valence-electron chi connectivity index (χ2n) is 6.82. The van der Waals surface area contributed by atoms with Crippen molar-refractivity contribution in [3.8, 4) is 6.19 Å². The molecule has 1 saturated heterocycles. The molecule has 1 atom stereocenters. The minimum Gasteiger partial charge on any atom is -0.309 e. The summed E-state index contributed by atoms with van der Waals surface area (Å²) < 4.78 is 0. The van der Waals surface area contributed by atoms with Gasteiger partial charge in [0.05, 0.1) is 11.7 Å². The number of guanidine groups is 1. The van der Waals surface area contributed by atoms with E-state index in [1.54, 1.807) is 0 Å². The maximum atomic E-state index is 9.33. The molecule has 1 aliphatic heterocycles. The van der Waals surface area contributed by atoms with Gasteiger partial charge in [-0.15, -0.1) is 4.99 Å². The Morgan fingerprint density at radius 2 is 1.40 bits per heavy atom. The van der Waals surface area contributed by atoms with E-state index < -0.39 is 0 Å². The van der Waals surface area contributed by atoms with Crippen LogP contribution in [0.5, 0.6) is 0 Å². The minimum absolute atomic E-state index is 0.228. The second kappa shape index (κ2) is 6.60. The summed E-state index contributed by atoms with van der Waals surface area (Å²) in [6, 6.07) is 12.8. The van der Waals surface area contributed by atoms with E-state index in [0.717, 1.165) is 17.9 Å². The molecule has 0 saturated carbocycles. The van der Waals surface area contributed by atoms with Gasteiger partial charge in [0.25, 0.3) is 0 Å². The first-order valence-electron chi connectivity index (χ1n) is 8.61. The zero-order chi connectivity index (χ0) is 18.1. The number of hydrogen-bond donors (Lipinski definition) is 0. The van der Waals surface area contributed by atoms with Gasteiger partial charge in [-0.1, -0.05) is 36.4 Å². The molecule has 0 radical (unpaired) electrons. The van der Waals surface area contributed by atoms with Crippen molar-refractivity contribution in [3.05, 3.63) is 58.7 Å². The van der Waals surface area contributed by atoms with Crippen LogP contribution in [0.15, 0.2) is 41.4 Å². The van der Waals surface area contributed by atoms with Crippen LogP contribution >= 0.6 is 0 Å². The topological polar surface area (TPSA) is 42.6 Å². The van der Waals surface area contributed by atoms with Crippen molar-refractivity contribution in [2.75, 3.05) is 16.3 Å². The van der Waals surface area contributed by atoms with Crippen LogP contribution in [0.1, 0.15) is 29.2 Å². The van der Waals surface area contributed by atoms with Crippen molar-refractivity contribution in [2.45, 2.75) is 40.7 Å². The van der Waals surface area contributed by atoms with Crippen LogP contribution in [-0.2, 0) is 0 Å². The maximum absolute atomic E-state index is 9.33. The molecule has 1 aliphatic rings. The molecular formula is C21H24N4. The van der Waals surface area contributed by atoms with Crippen molar-refractivity contribution in [1.29, 1.82) is 5.26 Å². The van der Waals surface area contributed by atoms with Gasteiger partial charge >= 0.3 is 0 Å². The third kappa shape index (κ3) is 2.87. The van der Waals surface area contributed by atoms with Crippen LogP contribution in [0.3, 0.4) is 0 Å². The smallest absolute Gasteiger partial charge is 0.221 e. The fraction of sp³-hybridized carbons (Fsp3) is 0.333. The number of rotatable bonds is 2. The molecule has 25 heavy (non-hydrogen) atoms. The molecule has 1 unspecified atom stereocenters. The number of benzene rings is 2. The summed E-state index contributed by atoms with van der Waals surface area (Å²) in [5, 5.41) is 9.33. The first-order chi connectivity index (χ1) is 12.0. The fourth-order valence-corrected chi connectivity index (χ4v) is 3.84. The normalized spacial score (nSPS) is 18.7. The van der Waals surface area contributed by atoms with Crippen molar-refractivity contribution in [1.82, 2.24) is 0 Å². The predicted octanol–water partition coefficient (Wildman–Crippen LogP) is 4.47. The van der Waals surface area contributed by atoms with Crippen LogP contribution in [0, 0.1) is 39.1 Å². The molecular weight excluding hydrogens is 308 g/mol. The van der Waals surface area contributed by atoms with E-state index in [9.17, 15) is 5.26 Å². The number of nitriles is 1. The van der Waals surface area contributed by atoms with Crippen molar-refractivity contribution >= 4 is 17.3 Å². The lowest BCUT2D eigenvalue weighted by atomic mass is 10.1. The molecule has 1 fully saturated rings. The van der Waals surface area contributed by atoms with Gasteiger partial charge in [-0.25, -0.2) is 0 Å². The van der Waals surface area contributed by atoms with Crippen LogP contribution in [0.25, 0.3) is 0 Å². The van der Waals surface area contributed by atoms with E-state index >= 15 is 0 Å². The highest BCUT2D eigenvalue weighted by Gasteiger charge is 2.37. The Kier molecular flexibility index (Phi) is 4.50. The van der Waals surface area contributed by atoms with Gasteiger partial charge in [0.2, 0.25) is 12.2 Å². The summed E-state index contributed by atoms with van der Waals surface area (Å²) >= 11 is 0. The molecule has 3 rings (SSSR count). The third-order valence-electron chi connectivity index (χ3n) is 4.88. The van der Waals surface area contributed by atoms with Gasteiger partial charge in [-0.2, -0.15) is 5.26 Å². The molecule has 0 aliphatic carbocycles. The highest BCUT2D eigenvalue weighted by molar-refractivity contribution is 6.11. The van der Waals surface area contributed by atoms with Crippen LogP contribution < -0.4 is 9.80 Å². The van der Waals surface area contributed by atoms with Gasteiger partial charge in [-0.3, -0.25) is 0 Å². The largest absolute Gasteiger partial charge is 0.309 e. The van der Waals surface area contributed by atoms with Crippen LogP contribution in [0.4, 0.5) is 11.4 Å². The van der Waals surface area contributed by atoms with Gasteiger partial charge in [-0.05, 0) is 56.9 Å². The fourth-order valence-electron chi connectivity index (χ4n) is 3.84. The Labute approximate surface area is 150 Å². The zero-order valence-corrected chi connectivity index (χ0v) is 15.5. The first-order valence-corrected chi connectivity index (χ1v) is 8.61. The Bertz CT molecular complexity index is 835. The molecule has 128 valence electrons. The number of para-hydroxylation sites is 2. The standard InChI is InChI=1S/C21H24N4/c1-14-8-6-9-15(2)19(14)24-12-18(5)25(21(24)23-13-22)20-16(3)10-7-11-17(20)4/h6-11,18H,12H2,1-5H3. The van der Waals surface area contributed by atoms with Gasteiger partial charge in [0.15, 0.2) is 0 Å². The molecule has 0 aromatic heterocycles. The number of aryl methyl sites for hydroxylation is 4. The summed E-state index contributed by atoms with van der Waals surface area (Å²) in [6.45, 7) is 11.4. The Morgan fingerprint density at radius 1 is 0.920 bits per heavy atom. The van der Waals surface area contributed by atoms with Crippen molar-refractivity contribution in [2.24, 2.45) is 4.99 Å². The number of nitrogens with zero attached hydrogens (tertiary/aromatic N) is 4. The number of anilines is 2. The van der Waals surface area contributed by atoms with E-state index in [4.69, 9.17) is 0 Å². The second-order valence-corrected chi connectivity index (χ2v) is 6.82. The Balaban J connectivity index is 2.17. The highest BCUT2D eigenvalue weighted by Crippen LogP contribution is 2.35. The van der Waals surface area contributed by atoms with Crippen molar-refractivity contribution < 1.29 is 0 Å². The number of aliphatic imine (C=N–C) groups is 1. The molecule has 4 heteroatoms. The summed E-state index contributed by atoms with van der Waals surface area (Å²) in [5.74, 6) is 0.713. The molecule has 2 aromatic carbocycles. The molecule has 1 heterocycles. The SMILES string of the molecule is Cc1cccc(C)c1N1CC(C)N(c2c(C)cccc2C)C1=NC#N. The average Bonchev–Trinajstić information content (AvgIpc) is 2.85. The Morgan fingerprint density at radius 3 is 1.88 bits per heavy atom. The van der Waals surface area contributed by atoms with Crippen molar-refractivity contribution in [3.63, 3.8) is 0 Å². The molecule has 4 nitrogen and oxygen atoms in total. The molecule has 2 aromatic rings. The lowest BCUT2D eigenvalue weighted by Crippen LogP contribution is -2.36. The highest BCUT2D eigenvalue weighted by atomic mass is 15.5. The lowest BCUT2D eigenvalue weighted by molar-refractivity contribution is 0.789. The quantitative estimate of drug-likeness (QED) is 0.762.